The van der Waals surface area contributed by atoms with Gasteiger partial charge < -0.3 is 28.7 Å². The van der Waals surface area contributed by atoms with Crippen LogP contribution in [0.1, 0.15) is 0 Å². The molecule has 9 nitrogen and oxygen atoms in total. The number of hydrazone groups is 1. The highest BCUT2D eigenvalue weighted by atomic mass is 15.4. The molecule has 0 aromatic heterocycles. The van der Waals surface area contributed by atoms with Crippen molar-refractivity contribution in [2.45, 2.75) is 0 Å². The third-order valence-corrected chi connectivity index (χ3v) is 0.573. The van der Waals surface area contributed by atoms with Crippen LogP contribution in [0, 0.1) is 0 Å². The first-order chi connectivity index (χ1) is 5.52. The molecular weight excluding hydrogens is 162 g/mol. The molecule has 0 radical (unpaired) electrons. The van der Waals surface area contributed by atoms with Gasteiger partial charge in [-0.25, -0.2) is 5.43 Å². The van der Waals surface area contributed by atoms with Crippen LogP contribution in [0.25, 0.3) is 0 Å². The van der Waals surface area contributed by atoms with Gasteiger partial charge in [0.1, 0.15) is 0 Å². The molecule has 0 saturated carbocycles. The largest absolute Gasteiger partial charge is 0.369 e. The Labute approximate surface area is 68.3 Å². The topological polar surface area (TPSA) is 179 Å². The Balaban J connectivity index is 4.04. The smallest absolute Gasteiger partial charge is 0.234 e. The molecule has 0 amide bonds. The molecule has 0 aromatic carbocycles. The number of hydrogen-bond acceptors (Lipinski definition) is 3. The van der Waals surface area contributed by atoms with Crippen LogP contribution in [0.5, 0.6) is 0 Å². The van der Waals surface area contributed by atoms with Gasteiger partial charge in [0.25, 0.3) is 0 Å². The molecule has 12 heavy (non-hydrogen) atoms. The maximum Gasteiger partial charge on any atom is 0.234 e. The monoisotopic (exact) mass is 173 g/mol. The summed E-state index contributed by atoms with van der Waals surface area (Å²) in [6.45, 7) is 0. The molecule has 9 heteroatoms. The van der Waals surface area contributed by atoms with E-state index in [1.54, 1.807) is 0 Å². The molecule has 0 heterocycles. The van der Waals surface area contributed by atoms with Crippen molar-refractivity contribution in [3.63, 3.8) is 0 Å². The lowest BCUT2D eigenvalue weighted by Gasteiger charge is -1.95. The summed E-state index contributed by atoms with van der Waals surface area (Å²) in [5, 5.41) is 9.84. The third kappa shape index (κ3) is 5.94. The van der Waals surface area contributed by atoms with Crippen LogP contribution in [-0.2, 0) is 0 Å². The molecular formula is C3H11N9. The first-order valence-electron chi connectivity index (χ1n) is 2.79. The summed E-state index contributed by atoms with van der Waals surface area (Å²) >= 11 is 0. The number of nitrogens with two attached hydrogens (primary N) is 5. The van der Waals surface area contributed by atoms with Crippen molar-refractivity contribution in [1.29, 1.82) is 0 Å². The van der Waals surface area contributed by atoms with E-state index >= 15 is 0 Å². The highest BCUT2D eigenvalue weighted by Gasteiger charge is 1.86. The lowest BCUT2D eigenvalue weighted by Crippen LogP contribution is -2.33. The van der Waals surface area contributed by atoms with Crippen LogP contribution in [0.4, 0.5) is 0 Å². The zero-order valence-electron chi connectivity index (χ0n) is 6.23. The Bertz CT molecular complexity index is 216. The summed E-state index contributed by atoms with van der Waals surface area (Å²) in [7, 11) is 0. The molecule has 0 saturated heterocycles. The van der Waals surface area contributed by atoms with Gasteiger partial charge in [0.2, 0.25) is 17.9 Å². The second-order valence-electron chi connectivity index (χ2n) is 1.66. The van der Waals surface area contributed by atoms with Crippen molar-refractivity contribution in [1.82, 2.24) is 5.43 Å². The van der Waals surface area contributed by atoms with Crippen molar-refractivity contribution in [3.8, 4) is 0 Å². The van der Waals surface area contributed by atoms with Crippen LogP contribution in [0.15, 0.2) is 15.3 Å². The Hall–Kier alpha value is -2.19. The van der Waals surface area contributed by atoms with E-state index in [2.05, 4.69) is 20.7 Å². The zero-order chi connectivity index (χ0) is 9.56. The summed E-state index contributed by atoms with van der Waals surface area (Å²) in [5.74, 6) is -0.529. The highest BCUT2D eigenvalue weighted by molar-refractivity contribution is 5.82. The number of guanidine groups is 3. The normalized spacial score (nSPS) is 10.2. The standard InChI is InChI=1S/C3H11N9/c4-1(5)9-11-3(8)12-10-2(6)7/h(H4,4,5,9)(H4,6,7,10)(H3,8,11,12). The minimum Gasteiger partial charge on any atom is -0.369 e. The molecule has 0 fully saturated rings. The number of hydrogen-bond donors (Lipinski definition) is 6. The van der Waals surface area contributed by atoms with Crippen LogP contribution in [-0.4, -0.2) is 17.9 Å². The van der Waals surface area contributed by atoms with Gasteiger partial charge in [-0.2, -0.15) is 0 Å². The number of rotatable bonds is 2. The van der Waals surface area contributed by atoms with Crippen molar-refractivity contribution >= 4 is 17.9 Å². The van der Waals surface area contributed by atoms with Gasteiger partial charge in [-0.1, -0.05) is 0 Å². The van der Waals surface area contributed by atoms with Gasteiger partial charge in [0.15, 0.2) is 0 Å². The first kappa shape index (κ1) is 9.81. The molecule has 0 rings (SSSR count). The van der Waals surface area contributed by atoms with E-state index in [1.165, 1.54) is 0 Å². The molecule has 0 aromatic rings. The Morgan fingerprint density at radius 2 is 1.42 bits per heavy atom. The zero-order valence-corrected chi connectivity index (χ0v) is 6.23. The number of nitrogens with one attached hydrogen (secondary N) is 1. The minimum atomic E-state index is -0.218. The maximum absolute atomic E-state index is 5.17. The molecule has 0 bridgehead atoms. The lowest BCUT2D eigenvalue weighted by molar-refractivity contribution is 0.974. The maximum atomic E-state index is 5.17. The SMILES string of the molecule is NC(N)=N/N=C(\N)NN=C(N)N. The van der Waals surface area contributed by atoms with Crippen LogP contribution < -0.4 is 34.1 Å². The van der Waals surface area contributed by atoms with Crippen molar-refractivity contribution < 1.29 is 0 Å². The van der Waals surface area contributed by atoms with Gasteiger partial charge in [-0.3, -0.25) is 0 Å². The van der Waals surface area contributed by atoms with Gasteiger partial charge in [-0.05, 0) is 0 Å². The second kappa shape index (κ2) is 4.60. The van der Waals surface area contributed by atoms with E-state index in [0.29, 0.717) is 0 Å². The van der Waals surface area contributed by atoms with E-state index in [1.807, 2.05) is 0 Å². The molecule has 0 unspecified atom stereocenters. The van der Waals surface area contributed by atoms with Crippen LogP contribution in [0.3, 0.4) is 0 Å². The van der Waals surface area contributed by atoms with Crippen molar-refractivity contribution in [3.05, 3.63) is 0 Å². The summed E-state index contributed by atoms with van der Waals surface area (Å²) in [5.41, 5.74) is 27.2. The lowest BCUT2D eigenvalue weighted by atomic mass is 11.0. The Morgan fingerprint density at radius 1 is 0.833 bits per heavy atom. The summed E-state index contributed by atoms with van der Waals surface area (Å²) in [6.07, 6.45) is 0. The summed E-state index contributed by atoms with van der Waals surface area (Å²) < 4.78 is 0. The quantitative estimate of drug-likeness (QED) is 0.142. The molecule has 68 valence electrons. The van der Waals surface area contributed by atoms with E-state index in [4.69, 9.17) is 28.7 Å². The minimum absolute atomic E-state index is 0.128. The fourth-order valence-corrected chi connectivity index (χ4v) is 0.256. The van der Waals surface area contributed by atoms with E-state index in [9.17, 15) is 0 Å². The fourth-order valence-electron chi connectivity index (χ4n) is 0.256. The molecule has 11 N–H and O–H groups in total. The molecule has 0 aliphatic heterocycles. The second-order valence-corrected chi connectivity index (χ2v) is 1.66. The van der Waals surface area contributed by atoms with Crippen molar-refractivity contribution in [2.75, 3.05) is 0 Å². The third-order valence-electron chi connectivity index (χ3n) is 0.573. The van der Waals surface area contributed by atoms with Crippen molar-refractivity contribution in [2.24, 2.45) is 44.0 Å². The average molecular weight is 173 g/mol. The van der Waals surface area contributed by atoms with Gasteiger partial charge in [-0.15, -0.1) is 15.3 Å². The van der Waals surface area contributed by atoms with Gasteiger partial charge >= 0.3 is 0 Å². The predicted octanol–water partition coefficient (Wildman–Crippen LogP) is -3.73. The Morgan fingerprint density at radius 3 is 1.83 bits per heavy atom. The van der Waals surface area contributed by atoms with E-state index in [0.717, 1.165) is 0 Å². The number of nitrogens with zero attached hydrogens (tertiary/aromatic N) is 3. The predicted molar refractivity (Wildman–Crippen MR) is 46.4 cm³/mol. The van der Waals surface area contributed by atoms with Gasteiger partial charge in [0.05, 0.1) is 0 Å². The Kier molecular flexibility index (Phi) is 3.76. The first-order valence-corrected chi connectivity index (χ1v) is 2.79. The van der Waals surface area contributed by atoms with E-state index < -0.39 is 0 Å². The molecule has 0 atom stereocenters. The molecule has 0 aliphatic carbocycles. The van der Waals surface area contributed by atoms with E-state index in [-0.39, 0.29) is 17.9 Å². The summed E-state index contributed by atoms with van der Waals surface area (Å²) in [6, 6.07) is 0. The molecule has 0 spiro atoms. The average Bonchev–Trinajstić information content (AvgIpc) is 1.96. The highest BCUT2D eigenvalue weighted by Crippen LogP contribution is 1.68. The summed E-state index contributed by atoms with van der Waals surface area (Å²) in [4.78, 5) is 0. The fraction of sp³-hybridized carbons (Fsp3) is 0. The van der Waals surface area contributed by atoms with Gasteiger partial charge in [0, 0.05) is 0 Å². The molecule has 0 aliphatic rings. The van der Waals surface area contributed by atoms with Crippen LogP contribution >= 0.6 is 0 Å². The van der Waals surface area contributed by atoms with Crippen LogP contribution in [0.2, 0.25) is 0 Å².